The van der Waals surface area contributed by atoms with Crippen LogP contribution in [0.25, 0.3) is 0 Å². The summed E-state index contributed by atoms with van der Waals surface area (Å²) >= 11 is 0. The summed E-state index contributed by atoms with van der Waals surface area (Å²) in [5.41, 5.74) is 6.29. The number of carbonyl (C=O) groups is 2. The monoisotopic (exact) mass is 434 g/mol. The molecule has 0 spiro atoms. The Kier molecular flexibility index (Phi) is 7.42. The number of alkyl carbamates (subject to hydrolysis) is 1. The topological polar surface area (TPSA) is 99.9 Å². The average molecular weight is 434 g/mol. The molecule has 1 aromatic carbocycles. The van der Waals surface area contributed by atoms with Crippen molar-refractivity contribution in [2.24, 2.45) is 5.73 Å². The molecule has 1 unspecified atom stereocenters. The first-order valence-corrected chi connectivity index (χ1v) is 14.1. The fraction of sp³-hybridized carbons (Fsp3) is 0.619. The molecular weight excluding hydrogens is 399 g/mol. The van der Waals surface area contributed by atoms with Gasteiger partial charge >= 0.3 is 13.2 Å². The summed E-state index contributed by atoms with van der Waals surface area (Å²) < 4.78 is 17.3. The highest BCUT2D eigenvalue weighted by Gasteiger charge is 2.51. The zero-order valence-electron chi connectivity index (χ0n) is 19.2. The number of nitrogens with two attached hydrogens (primary N) is 1. The van der Waals surface area contributed by atoms with E-state index in [4.69, 9.17) is 19.8 Å². The smallest absolute Gasteiger partial charge is 0.450 e. The molecule has 0 radical (unpaired) electrons. The highest BCUT2D eigenvalue weighted by Crippen LogP contribution is 2.36. The lowest BCUT2D eigenvalue weighted by Crippen LogP contribution is -2.41. The molecule has 1 aromatic rings. The summed E-state index contributed by atoms with van der Waals surface area (Å²) in [7, 11) is -1.75. The van der Waals surface area contributed by atoms with Gasteiger partial charge in [0.25, 0.3) is 0 Å². The molecule has 7 nitrogen and oxygen atoms in total. The van der Waals surface area contributed by atoms with Crippen LogP contribution < -0.4 is 16.5 Å². The summed E-state index contributed by atoms with van der Waals surface area (Å²) in [6, 6.07) is 8.24. The number of hydrogen-bond acceptors (Lipinski definition) is 5. The number of primary amides is 1. The molecule has 0 saturated carbocycles. The second kappa shape index (κ2) is 9.11. The highest BCUT2D eigenvalue weighted by molar-refractivity contribution is 6.76. The van der Waals surface area contributed by atoms with Crippen LogP contribution >= 0.6 is 0 Å². The minimum atomic E-state index is -1.27. The lowest BCUT2D eigenvalue weighted by molar-refractivity contribution is -0.119. The number of carbonyl (C=O) groups excluding carboxylic acids is 2. The SMILES string of the molecule is CC1(C)OB(c2ccc(C(CNC(=O)OCC[Si](C)(C)C)C(N)=O)cc2)OC1(C)C. The van der Waals surface area contributed by atoms with Crippen LogP contribution in [0.15, 0.2) is 24.3 Å². The van der Waals surface area contributed by atoms with Crippen molar-refractivity contribution >= 4 is 32.7 Å². The van der Waals surface area contributed by atoms with E-state index in [1.54, 1.807) is 0 Å². The van der Waals surface area contributed by atoms with Crippen LogP contribution in [0.1, 0.15) is 39.2 Å². The molecule has 166 valence electrons. The fourth-order valence-corrected chi connectivity index (χ4v) is 3.65. The summed E-state index contributed by atoms with van der Waals surface area (Å²) in [5, 5.41) is 2.64. The van der Waals surface area contributed by atoms with Crippen molar-refractivity contribution in [3.63, 3.8) is 0 Å². The van der Waals surface area contributed by atoms with E-state index in [0.717, 1.165) is 11.5 Å². The van der Waals surface area contributed by atoms with Crippen molar-refractivity contribution < 1.29 is 23.6 Å². The molecule has 0 bridgehead atoms. The van der Waals surface area contributed by atoms with Gasteiger partial charge in [0.15, 0.2) is 0 Å². The van der Waals surface area contributed by atoms with Gasteiger partial charge in [-0.25, -0.2) is 4.79 Å². The van der Waals surface area contributed by atoms with E-state index < -0.39 is 44.3 Å². The van der Waals surface area contributed by atoms with Crippen LogP contribution in [0, 0.1) is 0 Å². The van der Waals surface area contributed by atoms with Gasteiger partial charge in [-0.1, -0.05) is 43.9 Å². The molecule has 1 aliphatic heterocycles. The zero-order valence-corrected chi connectivity index (χ0v) is 20.2. The molecule has 9 heteroatoms. The van der Waals surface area contributed by atoms with Gasteiger partial charge < -0.3 is 25.1 Å². The van der Waals surface area contributed by atoms with Crippen molar-refractivity contribution in [3.05, 3.63) is 29.8 Å². The number of rotatable bonds is 8. The van der Waals surface area contributed by atoms with Crippen molar-refractivity contribution in [1.82, 2.24) is 5.32 Å². The van der Waals surface area contributed by atoms with E-state index in [2.05, 4.69) is 25.0 Å². The van der Waals surface area contributed by atoms with Crippen molar-refractivity contribution in [2.45, 2.75) is 70.5 Å². The van der Waals surface area contributed by atoms with E-state index in [1.807, 2.05) is 52.0 Å². The number of amides is 2. The minimum absolute atomic E-state index is 0.0803. The molecule has 1 aliphatic rings. The largest absolute Gasteiger partial charge is 0.494 e. The van der Waals surface area contributed by atoms with Gasteiger partial charge in [0.05, 0.1) is 23.7 Å². The van der Waals surface area contributed by atoms with Gasteiger partial charge in [0.2, 0.25) is 5.91 Å². The maximum absolute atomic E-state index is 12.0. The standard InChI is InChI=1S/C21H35BN2O5Si/c1-20(2)21(3,4)29-22(28-20)16-10-8-15(9-11-16)17(18(23)25)14-24-19(26)27-12-13-30(5,6)7/h8-11,17H,12-14H2,1-7H3,(H2,23,25)(H,24,26). The molecule has 1 atom stereocenters. The summed E-state index contributed by atoms with van der Waals surface area (Å²) in [4.78, 5) is 23.9. The number of hydrogen-bond donors (Lipinski definition) is 2. The molecule has 3 N–H and O–H groups in total. The molecular formula is C21H35BN2O5Si. The van der Waals surface area contributed by atoms with Crippen molar-refractivity contribution in [1.29, 1.82) is 0 Å². The third kappa shape index (κ3) is 6.33. The molecule has 1 saturated heterocycles. The van der Waals surface area contributed by atoms with Crippen molar-refractivity contribution in [2.75, 3.05) is 13.2 Å². The minimum Gasteiger partial charge on any atom is -0.450 e. The summed E-state index contributed by atoms with van der Waals surface area (Å²) in [5.74, 6) is -1.16. The summed E-state index contributed by atoms with van der Waals surface area (Å²) in [6.45, 7) is 15.1. The second-order valence-electron chi connectivity index (χ2n) is 10.0. The lowest BCUT2D eigenvalue weighted by atomic mass is 9.78. The van der Waals surface area contributed by atoms with Crippen LogP contribution in [0.5, 0.6) is 0 Å². The first-order chi connectivity index (χ1) is 13.7. The number of benzene rings is 1. The van der Waals surface area contributed by atoms with Crippen LogP contribution in [0.3, 0.4) is 0 Å². The molecule has 0 aliphatic carbocycles. The van der Waals surface area contributed by atoms with E-state index in [-0.39, 0.29) is 6.54 Å². The average Bonchev–Trinajstić information content (AvgIpc) is 2.82. The molecule has 1 fully saturated rings. The van der Waals surface area contributed by atoms with Gasteiger partial charge in [-0.3, -0.25) is 4.79 Å². The number of ether oxygens (including phenoxy) is 1. The molecule has 0 aromatic heterocycles. The van der Waals surface area contributed by atoms with Gasteiger partial charge in [0.1, 0.15) is 0 Å². The molecule has 30 heavy (non-hydrogen) atoms. The van der Waals surface area contributed by atoms with E-state index >= 15 is 0 Å². The Labute approximate surface area is 181 Å². The van der Waals surface area contributed by atoms with Crippen LogP contribution in [0.4, 0.5) is 4.79 Å². The highest BCUT2D eigenvalue weighted by atomic mass is 28.3. The fourth-order valence-electron chi connectivity index (χ4n) is 2.93. The van der Waals surface area contributed by atoms with Crippen LogP contribution in [-0.2, 0) is 18.8 Å². The van der Waals surface area contributed by atoms with Crippen molar-refractivity contribution in [3.8, 4) is 0 Å². The number of nitrogens with one attached hydrogen (secondary N) is 1. The first-order valence-electron chi connectivity index (χ1n) is 10.4. The quantitative estimate of drug-likeness (QED) is 0.613. The predicted octanol–water partition coefficient (Wildman–Crippen LogP) is 2.62. The van der Waals surface area contributed by atoms with Crippen LogP contribution in [0.2, 0.25) is 25.7 Å². The normalized spacial score (nSPS) is 18.7. The van der Waals surface area contributed by atoms with Gasteiger partial charge in [-0.2, -0.15) is 0 Å². The van der Waals surface area contributed by atoms with Crippen LogP contribution in [-0.4, -0.2) is 51.5 Å². The maximum atomic E-state index is 12.0. The second-order valence-corrected chi connectivity index (χ2v) is 15.7. The predicted molar refractivity (Wildman–Crippen MR) is 122 cm³/mol. The van der Waals surface area contributed by atoms with Gasteiger partial charge in [-0.15, -0.1) is 0 Å². The van der Waals surface area contributed by atoms with Gasteiger partial charge in [-0.05, 0) is 44.8 Å². The zero-order chi connectivity index (χ0) is 22.7. The summed E-state index contributed by atoms with van der Waals surface area (Å²) in [6.07, 6.45) is -0.534. The van der Waals surface area contributed by atoms with E-state index in [1.165, 1.54) is 0 Å². The molecule has 1 heterocycles. The Hall–Kier alpha value is -1.84. The third-order valence-electron chi connectivity index (χ3n) is 5.74. The van der Waals surface area contributed by atoms with E-state index in [9.17, 15) is 9.59 Å². The first kappa shape index (κ1) is 24.4. The Bertz CT molecular complexity index is 746. The van der Waals surface area contributed by atoms with Gasteiger partial charge in [0, 0.05) is 14.6 Å². The maximum Gasteiger partial charge on any atom is 0.494 e. The molecule has 2 rings (SSSR count). The Morgan fingerprint density at radius 3 is 2.10 bits per heavy atom. The van der Waals surface area contributed by atoms with E-state index in [0.29, 0.717) is 12.2 Å². The Morgan fingerprint density at radius 1 is 1.10 bits per heavy atom. The molecule has 2 amide bonds. The lowest BCUT2D eigenvalue weighted by Gasteiger charge is -2.32. The third-order valence-corrected chi connectivity index (χ3v) is 7.45. The Morgan fingerprint density at radius 2 is 1.63 bits per heavy atom. The Balaban J connectivity index is 1.97.